The summed E-state index contributed by atoms with van der Waals surface area (Å²) in [6, 6.07) is 8.60. The Morgan fingerprint density at radius 3 is 2.62 bits per heavy atom. The van der Waals surface area contributed by atoms with Crippen LogP contribution in [0, 0.1) is 0 Å². The average molecular weight is 529 g/mol. The molecule has 3 heterocycles. The number of nitrogens with zero attached hydrogens (tertiary/aromatic N) is 5. The molecule has 29 heavy (non-hydrogen) atoms. The van der Waals surface area contributed by atoms with Crippen molar-refractivity contribution in [1.29, 1.82) is 0 Å². The molecule has 0 aliphatic carbocycles. The van der Waals surface area contributed by atoms with Crippen LogP contribution in [-0.2, 0) is 13.0 Å². The lowest BCUT2D eigenvalue weighted by molar-refractivity contribution is 0.270. The van der Waals surface area contributed by atoms with Crippen molar-refractivity contribution in [3.8, 4) is 0 Å². The topological polar surface area (TPSA) is 47.0 Å². The lowest BCUT2D eigenvalue weighted by atomic mass is 10.2. The minimum atomic E-state index is 0. The number of rotatable bonds is 7. The quantitative estimate of drug-likeness (QED) is 0.340. The molecule has 0 unspecified atom stereocenters. The van der Waals surface area contributed by atoms with Crippen molar-refractivity contribution in [2.24, 2.45) is 4.99 Å². The van der Waals surface area contributed by atoms with Crippen molar-refractivity contribution in [1.82, 2.24) is 20.1 Å². The van der Waals surface area contributed by atoms with Crippen LogP contribution in [0.4, 0.5) is 5.82 Å². The summed E-state index contributed by atoms with van der Waals surface area (Å²) in [5, 5.41) is 5.57. The molecule has 160 valence electrons. The number of hydrogen-bond donors (Lipinski definition) is 1. The fourth-order valence-corrected chi connectivity index (χ4v) is 4.10. The second kappa shape index (κ2) is 12.3. The molecule has 8 heteroatoms. The predicted octanol–water partition coefficient (Wildman–Crippen LogP) is 3.15. The molecule has 2 aromatic rings. The van der Waals surface area contributed by atoms with Crippen molar-refractivity contribution in [2.75, 3.05) is 58.3 Å². The second-order valence-electron chi connectivity index (χ2n) is 7.10. The summed E-state index contributed by atoms with van der Waals surface area (Å²) in [5.41, 5.74) is 1.17. The normalized spacial score (nSPS) is 15.1. The first kappa shape index (κ1) is 23.9. The van der Waals surface area contributed by atoms with E-state index in [9.17, 15) is 0 Å². The largest absolute Gasteiger partial charge is 0.354 e. The van der Waals surface area contributed by atoms with Gasteiger partial charge in [-0.2, -0.15) is 0 Å². The minimum Gasteiger partial charge on any atom is -0.354 e. The number of anilines is 1. The van der Waals surface area contributed by atoms with Gasteiger partial charge in [0, 0.05) is 64.4 Å². The van der Waals surface area contributed by atoms with Crippen molar-refractivity contribution >= 4 is 47.1 Å². The van der Waals surface area contributed by atoms with E-state index >= 15 is 0 Å². The molecule has 0 saturated carbocycles. The third kappa shape index (κ3) is 7.11. The molecule has 1 fully saturated rings. The third-order valence-electron chi connectivity index (χ3n) is 5.25. The van der Waals surface area contributed by atoms with E-state index in [2.05, 4.69) is 73.6 Å². The van der Waals surface area contributed by atoms with Gasteiger partial charge in [0.1, 0.15) is 5.82 Å². The molecule has 1 aliphatic rings. The fraction of sp³-hybridized carbons (Fsp3) is 0.524. The van der Waals surface area contributed by atoms with Gasteiger partial charge >= 0.3 is 0 Å². The number of pyridine rings is 1. The van der Waals surface area contributed by atoms with Crippen LogP contribution in [0.2, 0.25) is 0 Å². The van der Waals surface area contributed by atoms with Crippen molar-refractivity contribution in [3.05, 3.63) is 46.3 Å². The molecule has 6 nitrogen and oxygen atoms in total. The zero-order valence-corrected chi connectivity index (χ0v) is 20.8. The Morgan fingerprint density at radius 2 is 2.03 bits per heavy atom. The van der Waals surface area contributed by atoms with E-state index in [-0.39, 0.29) is 24.0 Å². The molecule has 0 spiro atoms. The van der Waals surface area contributed by atoms with E-state index in [1.165, 1.54) is 10.4 Å². The molecular weight excluding hydrogens is 495 g/mol. The predicted molar refractivity (Wildman–Crippen MR) is 135 cm³/mol. The summed E-state index contributed by atoms with van der Waals surface area (Å²) in [4.78, 5) is 17.5. The van der Waals surface area contributed by atoms with Crippen LogP contribution < -0.4 is 10.2 Å². The molecule has 0 radical (unpaired) electrons. The highest BCUT2D eigenvalue weighted by Gasteiger charge is 2.16. The first-order valence-electron chi connectivity index (χ1n) is 10.1. The first-order valence-corrected chi connectivity index (χ1v) is 10.9. The zero-order valence-electron chi connectivity index (χ0n) is 17.7. The van der Waals surface area contributed by atoms with E-state index in [0.717, 1.165) is 64.0 Å². The van der Waals surface area contributed by atoms with Gasteiger partial charge < -0.3 is 20.0 Å². The summed E-state index contributed by atoms with van der Waals surface area (Å²) in [5.74, 6) is 1.99. The van der Waals surface area contributed by atoms with Crippen LogP contribution >= 0.6 is 35.3 Å². The lowest BCUT2D eigenvalue weighted by Gasteiger charge is -2.34. The van der Waals surface area contributed by atoms with Gasteiger partial charge in [0.2, 0.25) is 0 Å². The van der Waals surface area contributed by atoms with E-state index in [1.807, 2.05) is 13.2 Å². The van der Waals surface area contributed by atoms with Gasteiger partial charge in [-0.05, 0) is 36.0 Å². The summed E-state index contributed by atoms with van der Waals surface area (Å²) >= 11 is 1.81. The van der Waals surface area contributed by atoms with Gasteiger partial charge in [-0.1, -0.05) is 19.1 Å². The Bertz CT molecular complexity index is 726. The number of aliphatic imine (C=N–C) groups is 1. The number of thiophene rings is 1. The summed E-state index contributed by atoms with van der Waals surface area (Å²) in [6.07, 6.45) is 3.02. The van der Waals surface area contributed by atoms with Crippen LogP contribution in [0.5, 0.6) is 0 Å². The highest BCUT2D eigenvalue weighted by atomic mass is 127. The standard InChI is InChI=1S/C21H32N6S.HI/c1-4-26-11-13-27(14-12-26)20-8-7-18(16-23-20)17-24-21(22-2)25(3)10-9-19-6-5-15-28-19;/h5-8,15-16H,4,9-14,17H2,1-3H3,(H,22,24);1H. The van der Waals surface area contributed by atoms with Gasteiger partial charge in [0.05, 0.1) is 0 Å². The minimum absolute atomic E-state index is 0. The molecule has 1 saturated heterocycles. The first-order chi connectivity index (χ1) is 13.7. The number of guanidine groups is 1. The SMILES string of the molecule is CCN1CCN(c2ccc(CNC(=NC)N(C)CCc3cccs3)cn2)CC1.I. The zero-order chi connectivity index (χ0) is 19.8. The number of aromatic nitrogens is 1. The van der Waals surface area contributed by atoms with Gasteiger partial charge in [0.25, 0.3) is 0 Å². The molecule has 0 atom stereocenters. The second-order valence-corrected chi connectivity index (χ2v) is 8.13. The molecule has 0 bridgehead atoms. The Kier molecular flexibility index (Phi) is 10.2. The summed E-state index contributed by atoms with van der Waals surface area (Å²) in [7, 11) is 3.92. The van der Waals surface area contributed by atoms with E-state index in [0.29, 0.717) is 0 Å². The van der Waals surface area contributed by atoms with Crippen LogP contribution in [-0.4, -0.2) is 74.1 Å². The van der Waals surface area contributed by atoms with Crippen molar-refractivity contribution in [2.45, 2.75) is 19.9 Å². The Labute approximate surface area is 196 Å². The Hall–Kier alpha value is -1.39. The molecule has 3 rings (SSSR count). The van der Waals surface area contributed by atoms with E-state index in [1.54, 1.807) is 11.3 Å². The number of nitrogens with one attached hydrogen (secondary N) is 1. The van der Waals surface area contributed by atoms with Crippen molar-refractivity contribution < 1.29 is 0 Å². The molecular formula is C21H33IN6S. The van der Waals surface area contributed by atoms with Crippen LogP contribution in [0.25, 0.3) is 0 Å². The maximum Gasteiger partial charge on any atom is 0.193 e. The monoisotopic (exact) mass is 528 g/mol. The maximum absolute atomic E-state index is 4.69. The maximum atomic E-state index is 4.69. The van der Waals surface area contributed by atoms with E-state index in [4.69, 9.17) is 0 Å². The fourth-order valence-electron chi connectivity index (χ4n) is 3.41. The average Bonchev–Trinajstić information content (AvgIpc) is 3.27. The molecule has 1 aliphatic heterocycles. The Balaban J connectivity index is 0.00000300. The molecule has 0 aromatic carbocycles. The molecule has 2 aromatic heterocycles. The van der Waals surface area contributed by atoms with Crippen LogP contribution in [0.15, 0.2) is 40.8 Å². The van der Waals surface area contributed by atoms with Gasteiger partial charge in [-0.25, -0.2) is 4.98 Å². The third-order valence-corrected chi connectivity index (χ3v) is 6.19. The van der Waals surface area contributed by atoms with Crippen molar-refractivity contribution in [3.63, 3.8) is 0 Å². The van der Waals surface area contributed by atoms with Crippen LogP contribution in [0.3, 0.4) is 0 Å². The number of halogens is 1. The van der Waals surface area contributed by atoms with E-state index < -0.39 is 0 Å². The number of likely N-dealkylation sites (N-methyl/N-ethyl adjacent to an activating group) is 2. The highest BCUT2D eigenvalue weighted by molar-refractivity contribution is 14.0. The van der Waals surface area contributed by atoms with Gasteiger partial charge in [-0.15, -0.1) is 35.3 Å². The van der Waals surface area contributed by atoms with Gasteiger partial charge in [0.15, 0.2) is 5.96 Å². The number of piperazine rings is 1. The molecule has 1 N–H and O–H groups in total. The van der Waals surface area contributed by atoms with Gasteiger partial charge in [-0.3, -0.25) is 4.99 Å². The highest BCUT2D eigenvalue weighted by Crippen LogP contribution is 2.14. The molecule has 0 amide bonds. The smallest absolute Gasteiger partial charge is 0.193 e. The number of hydrogen-bond acceptors (Lipinski definition) is 5. The van der Waals surface area contributed by atoms with Crippen LogP contribution in [0.1, 0.15) is 17.4 Å². The summed E-state index contributed by atoms with van der Waals surface area (Å²) in [6.45, 7) is 9.39. The lowest BCUT2D eigenvalue weighted by Crippen LogP contribution is -2.46. The Morgan fingerprint density at radius 1 is 1.24 bits per heavy atom. The summed E-state index contributed by atoms with van der Waals surface area (Å²) < 4.78 is 0.